The van der Waals surface area contributed by atoms with Crippen LogP contribution >= 0.6 is 27.7 Å². The van der Waals surface area contributed by atoms with Gasteiger partial charge in [-0.05, 0) is 44.2 Å². The number of carbonyl (C=O) groups excluding carboxylic acids is 1. The summed E-state index contributed by atoms with van der Waals surface area (Å²) < 4.78 is 6.15. The maximum absolute atomic E-state index is 12.7. The maximum atomic E-state index is 12.7. The number of rotatable bonds is 2. The van der Waals surface area contributed by atoms with E-state index in [0.29, 0.717) is 5.56 Å². The van der Waals surface area contributed by atoms with Gasteiger partial charge in [0.15, 0.2) is 0 Å². The van der Waals surface area contributed by atoms with Crippen molar-refractivity contribution in [3.63, 3.8) is 0 Å². The predicted molar refractivity (Wildman–Crippen MR) is 91.6 cm³/mol. The van der Waals surface area contributed by atoms with Crippen LogP contribution in [0, 0.1) is 13.8 Å². The van der Waals surface area contributed by atoms with E-state index in [2.05, 4.69) is 21.1 Å². The van der Waals surface area contributed by atoms with Crippen LogP contribution < -0.4 is 0 Å². The third-order valence-corrected chi connectivity index (χ3v) is 5.07. The standard InChI is InChI=1S/C16H15BrN2O2S/c1-10-14(11(2)21-18-10)9-15-19(7-8-22-15)16(20)12-3-5-13(17)6-4-12/h3-6,9H,7-8H2,1-2H3/b15-9+. The highest BCUT2D eigenvalue weighted by atomic mass is 79.9. The molecule has 0 radical (unpaired) electrons. The zero-order valence-corrected chi connectivity index (χ0v) is 14.7. The van der Waals surface area contributed by atoms with Crippen LogP contribution in [-0.2, 0) is 0 Å². The minimum Gasteiger partial charge on any atom is -0.361 e. The number of halogens is 1. The van der Waals surface area contributed by atoms with Gasteiger partial charge in [-0.25, -0.2) is 0 Å². The van der Waals surface area contributed by atoms with Gasteiger partial charge in [0.25, 0.3) is 5.91 Å². The second-order valence-electron chi connectivity index (χ2n) is 5.03. The zero-order chi connectivity index (χ0) is 15.7. The number of thioether (sulfide) groups is 1. The van der Waals surface area contributed by atoms with Crippen molar-refractivity contribution in [2.24, 2.45) is 0 Å². The minimum absolute atomic E-state index is 0.0236. The summed E-state index contributed by atoms with van der Waals surface area (Å²) in [5.74, 6) is 1.70. The smallest absolute Gasteiger partial charge is 0.258 e. The molecule has 0 unspecified atom stereocenters. The van der Waals surface area contributed by atoms with E-state index in [1.807, 2.05) is 49.1 Å². The fourth-order valence-corrected chi connectivity index (χ4v) is 3.60. The van der Waals surface area contributed by atoms with E-state index >= 15 is 0 Å². The molecule has 3 rings (SSSR count). The van der Waals surface area contributed by atoms with Crippen LogP contribution in [0.2, 0.25) is 0 Å². The largest absolute Gasteiger partial charge is 0.361 e. The Morgan fingerprint density at radius 1 is 1.36 bits per heavy atom. The molecular formula is C16H15BrN2O2S. The lowest BCUT2D eigenvalue weighted by Gasteiger charge is -2.17. The first-order valence-electron chi connectivity index (χ1n) is 6.91. The van der Waals surface area contributed by atoms with Crippen LogP contribution in [0.4, 0.5) is 0 Å². The quantitative estimate of drug-likeness (QED) is 0.783. The molecule has 114 valence electrons. The van der Waals surface area contributed by atoms with E-state index in [9.17, 15) is 4.79 Å². The van der Waals surface area contributed by atoms with Gasteiger partial charge in [-0.15, -0.1) is 11.8 Å². The molecule has 1 aromatic carbocycles. The van der Waals surface area contributed by atoms with Gasteiger partial charge in [-0.1, -0.05) is 21.1 Å². The second kappa shape index (κ2) is 6.30. The van der Waals surface area contributed by atoms with E-state index in [1.165, 1.54) is 0 Å². The molecule has 6 heteroatoms. The molecule has 1 aliphatic heterocycles. The molecule has 1 saturated heterocycles. The van der Waals surface area contributed by atoms with E-state index in [-0.39, 0.29) is 5.91 Å². The van der Waals surface area contributed by atoms with Crippen LogP contribution in [0.3, 0.4) is 0 Å². The molecule has 22 heavy (non-hydrogen) atoms. The van der Waals surface area contributed by atoms with Gasteiger partial charge in [-0.3, -0.25) is 4.79 Å². The van der Waals surface area contributed by atoms with Crippen molar-refractivity contribution in [2.45, 2.75) is 13.8 Å². The number of carbonyl (C=O) groups is 1. The van der Waals surface area contributed by atoms with Gasteiger partial charge in [0, 0.05) is 27.9 Å². The molecule has 1 aromatic heterocycles. The van der Waals surface area contributed by atoms with Crippen LogP contribution in [0.25, 0.3) is 6.08 Å². The van der Waals surface area contributed by atoms with Crippen molar-refractivity contribution in [1.82, 2.24) is 10.1 Å². The number of hydrogen-bond donors (Lipinski definition) is 0. The summed E-state index contributed by atoms with van der Waals surface area (Å²) in [6.07, 6.45) is 2.00. The van der Waals surface area contributed by atoms with E-state index in [4.69, 9.17) is 4.52 Å². The lowest BCUT2D eigenvalue weighted by Crippen LogP contribution is -2.26. The van der Waals surface area contributed by atoms with Crippen molar-refractivity contribution in [3.05, 3.63) is 56.3 Å². The molecule has 0 aliphatic carbocycles. The summed E-state index contributed by atoms with van der Waals surface area (Å²) in [4.78, 5) is 14.5. The molecule has 0 N–H and O–H groups in total. The normalized spacial score (nSPS) is 16.5. The summed E-state index contributed by atoms with van der Waals surface area (Å²) in [6.45, 7) is 4.51. The van der Waals surface area contributed by atoms with Crippen LogP contribution in [0.15, 0.2) is 38.3 Å². The van der Waals surface area contributed by atoms with Crippen molar-refractivity contribution in [2.75, 3.05) is 12.3 Å². The highest BCUT2D eigenvalue weighted by molar-refractivity contribution is 9.10. The lowest BCUT2D eigenvalue weighted by atomic mass is 10.2. The van der Waals surface area contributed by atoms with Gasteiger partial charge in [-0.2, -0.15) is 0 Å². The van der Waals surface area contributed by atoms with Crippen molar-refractivity contribution in [1.29, 1.82) is 0 Å². The summed E-state index contributed by atoms with van der Waals surface area (Å²) >= 11 is 5.07. The molecule has 2 aromatic rings. The van der Waals surface area contributed by atoms with E-state index in [0.717, 1.165) is 38.8 Å². The van der Waals surface area contributed by atoms with Crippen molar-refractivity contribution >= 4 is 39.7 Å². The third-order valence-electron chi connectivity index (χ3n) is 3.52. The van der Waals surface area contributed by atoms with E-state index in [1.54, 1.807) is 11.8 Å². The molecule has 1 fully saturated rings. The van der Waals surface area contributed by atoms with Crippen molar-refractivity contribution in [3.8, 4) is 0 Å². The number of amides is 1. The monoisotopic (exact) mass is 378 g/mol. The summed E-state index contributed by atoms with van der Waals surface area (Å²) in [5.41, 5.74) is 2.49. The maximum Gasteiger partial charge on any atom is 0.258 e. The number of benzene rings is 1. The van der Waals surface area contributed by atoms with Gasteiger partial charge in [0.2, 0.25) is 0 Å². The minimum atomic E-state index is 0.0236. The molecule has 0 atom stereocenters. The third kappa shape index (κ3) is 2.98. The Balaban J connectivity index is 1.90. The Kier molecular flexibility index (Phi) is 4.40. The number of aromatic nitrogens is 1. The van der Waals surface area contributed by atoms with Gasteiger partial charge in [0.1, 0.15) is 5.76 Å². The Hall–Kier alpha value is -1.53. The Morgan fingerprint density at radius 2 is 2.09 bits per heavy atom. The lowest BCUT2D eigenvalue weighted by molar-refractivity contribution is 0.0831. The molecule has 1 amide bonds. The van der Waals surface area contributed by atoms with E-state index < -0.39 is 0 Å². The predicted octanol–water partition coefficient (Wildman–Crippen LogP) is 4.24. The van der Waals surface area contributed by atoms with Crippen molar-refractivity contribution < 1.29 is 9.32 Å². The summed E-state index contributed by atoms with van der Waals surface area (Å²) in [6, 6.07) is 7.44. The highest BCUT2D eigenvalue weighted by Crippen LogP contribution is 2.32. The first-order chi connectivity index (χ1) is 10.6. The molecule has 1 aliphatic rings. The number of aryl methyl sites for hydroxylation is 2. The zero-order valence-electron chi connectivity index (χ0n) is 12.3. The first-order valence-corrected chi connectivity index (χ1v) is 8.69. The van der Waals surface area contributed by atoms with Gasteiger partial charge < -0.3 is 9.42 Å². The fraction of sp³-hybridized carbons (Fsp3) is 0.250. The highest BCUT2D eigenvalue weighted by Gasteiger charge is 2.26. The topological polar surface area (TPSA) is 46.3 Å². The first kappa shape index (κ1) is 15.4. The molecule has 0 bridgehead atoms. The number of nitrogens with zero attached hydrogens (tertiary/aromatic N) is 2. The second-order valence-corrected chi connectivity index (χ2v) is 7.06. The molecule has 0 saturated carbocycles. The number of hydrogen-bond acceptors (Lipinski definition) is 4. The van der Waals surface area contributed by atoms with Gasteiger partial charge >= 0.3 is 0 Å². The SMILES string of the molecule is Cc1noc(C)c1/C=C1/SCCN1C(=O)c1ccc(Br)cc1. The molecule has 2 heterocycles. The average Bonchev–Trinajstić information content (AvgIpc) is 3.09. The summed E-state index contributed by atoms with van der Waals surface area (Å²) in [7, 11) is 0. The van der Waals surface area contributed by atoms with Crippen LogP contribution in [0.5, 0.6) is 0 Å². The fourth-order valence-electron chi connectivity index (χ4n) is 2.32. The summed E-state index contributed by atoms with van der Waals surface area (Å²) in [5, 5.41) is 4.91. The average molecular weight is 379 g/mol. The van der Waals surface area contributed by atoms with Crippen LogP contribution in [0.1, 0.15) is 27.4 Å². The Bertz CT molecular complexity index is 718. The Morgan fingerprint density at radius 3 is 2.73 bits per heavy atom. The molecule has 4 nitrogen and oxygen atoms in total. The Labute approximate surface area is 141 Å². The van der Waals surface area contributed by atoms with Crippen LogP contribution in [-0.4, -0.2) is 28.3 Å². The molecule has 0 spiro atoms. The van der Waals surface area contributed by atoms with Gasteiger partial charge in [0.05, 0.1) is 10.7 Å². The molecular weight excluding hydrogens is 364 g/mol.